The first-order valence-corrected chi connectivity index (χ1v) is 10.4. The molecule has 148 valence electrons. The number of rotatable bonds is 3. The highest BCUT2D eigenvalue weighted by Gasteiger charge is 2.51. The van der Waals surface area contributed by atoms with Crippen LogP contribution in [-0.4, -0.2) is 27.7 Å². The van der Waals surface area contributed by atoms with Crippen molar-refractivity contribution in [2.45, 2.75) is 44.4 Å². The van der Waals surface area contributed by atoms with Crippen molar-refractivity contribution in [2.75, 3.05) is 0 Å². The topological polar surface area (TPSA) is 59.5 Å². The van der Waals surface area contributed by atoms with E-state index in [1.54, 1.807) is 29.4 Å². The van der Waals surface area contributed by atoms with Crippen molar-refractivity contribution in [3.8, 4) is 0 Å². The Morgan fingerprint density at radius 1 is 1.10 bits per heavy atom. The molecule has 1 saturated carbocycles. The van der Waals surface area contributed by atoms with Gasteiger partial charge in [0.25, 0.3) is 5.91 Å². The summed E-state index contributed by atoms with van der Waals surface area (Å²) in [5.41, 5.74) is 2.27. The molecule has 5 rings (SSSR count). The maximum atomic E-state index is 13.5. The molecule has 3 unspecified atom stereocenters. The number of benzene rings is 1. The van der Waals surface area contributed by atoms with Gasteiger partial charge in [-0.05, 0) is 48.6 Å². The van der Waals surface area contributed by atoms with Gasteiger partial charge in [-0.25, -0.2) is 0 Å². The molecule has 1 amide bonds. The number of amides is 1. The van der Waals surface area contributed by atoms with Gasteiger partial charge in [0, 0.05) is 24.0 Å². The molecular formula is C23H21ClN2O3. The number of pyridine rings is 1. The Balaban J connectivity index is 1.58. The number of fused-ring (bicyclic) bond motifs is 1. The Hall–Kier alpha value is -2.66. The minimum Gasteiger partial charge on any atom is -0.483 e. The number of halogens is 1. The van der Waals surface area contributed by atoms with Crippen molar-refractivity contribution < 1.29 is 14.3 Å². The van der Waals surface area contributed by atoms with Gasteiger partial charge >= 0.3 is 0 Å². The minimum absolute atomic E-state index is 0.0675. The highest BCUT2D eigenvalue weighted by Crippen LogP contribution is 2.47. The average Bonchev–Trinajstić information content (AvgIpc) is 3.02. The number of ether oxygens (including phenoxy) is 1. The van der Waals surface area contributed by atoms with E-state index in [0.717, 1.165) is 36.8 Å². The fourth-order valence-corrected chi connectivity index (χ4v) is 4.86. The maximum absolute atomic E-state index is 13.5. The summed E-state index contributed by atoms with van der Waals surface area (Å²) in [4.78, 5) is 32.7. The number of Topliss-reactive ketones (excluding diaryl/α,β-unsaturated/α-hetero) is 1. The summed E-state index contributed by atoms with van der Waals surface area (Å²) < 4.78 is 6.17. The first-order valence-electron chi connectivity index (χ1n) is 10.0. The van der Waals surface area contributed by atoms with Gasteiger partial charge in [0.15, 0.2) is 11.5 Å². The smallest absolute Gasteiger partial charge is 0.290 e. The molecule has 0 N–H and O–H groups in total. The van der Waals surface area contributed by atoms with Gasteiger partial charge in [-0.15, -0.1) is 0 Å². The van der Waals surface area contributed by atoms with Crippen molar-refractivity contribution in [1.82, 2.24) is 9.88 Å². The van der Waals surface area contributed by atoms with Gasteiger partial charge in [0.1, 0.15) is 6.10 Å². The number of carbonyl (C=O) groups excluding carboxylic acids is 2. The quantitative estimate of drug-likeness (QED) is 0.762. The van der Waals surface area contributed by atoms with E-state index in [0.29, 0.717) is 17.1 Å². The second-order valence-corrected chi connectivity index (χ2v) is 8.34. The van der Waals surface area contributed by atoms with Crippen LogP contribution in [0.4, 0.5) is 0 Å². The molecule has 0 saturated heterocycles. The monoisotopic (exact) mass is 408 g/mol. The summed E-state index contributed by atoms with van der Waals surface area (Å²) in [5, 5.41) is 0.615. The summed E-state index contributed by atoms with van der Waals surface area (Å²) in [5.74, 6) is -0.0652. The first kappa shape index (κ1) is 18.4. The zero-order valence-electron chi connectivity index (χ0n) is 15.9. The second kappa shape index (κ2) is 7.30. The molecule has 0 spiro atoms. The van der Waals surface area contributed by atoms with Crippen LogP contribution < -0.4 is 0 Å². The van der Waals surface area contributed by atoms with E-state index in [4.69, 9.17) is 16.3 Å². The molecular weight excluding hydrogens is 388 g/mol. The normalized spacial score (nSPS) is 26.2. The number of hydrogen-bond donors (Lipinski definition) is 0. The molecule has 0 bridgehead atoms. The lowest BCUT2D eigenvalue weighted by Gasteiger charge is -2.35. The molecule has 3 atom stereocenters. The van der Waals surface area contributed by atoms with Crippen LogP contribution in [0.5, 0.6) is 0 Å². The first-order chi connectivity index (χ1) is 14.1. The van der Waals surface area contributed by atoms with E-state index < -0.39 is 6.04 Å². The third kappa shape index (κ3) is 3.14. The minimum atomic E-state index is -0.467. The van der Waals surface area contributed by atoms with Crippen LogP contribution in [-0.2, 0) is 20.9 Å². The second-order valence-electron chi connectivity index (χ2n) is 7.90. The van der Waals surface area contributed by atoms with Gasteiger partial charge in [-0.2, -0.15) is 0 Å². The maximum Gasteiger partial charge on any atom is 0.290 e. The third-order valence-electron chi connectivity index (χ3n) is 6.12. The lowest BCUT2D eigenvalue weighted by molar-refractivity contribution is -0.135. The van der Waals surface area contributed by atoms with E-state index in [-0.39, 0.29) is 29.5 Å². The molecule has 1 aromatic heterocycles. The fourth-order valence-electron chi connectivity index (χ4n) is 4.74. The predicted octanol–water partition coefficient (Wildman–Crippen LogP) is 4.23. The molecule has 1 fully saturated rings. The summed E-state index contributed by atoms with van der Waals surface area (Å²) in [7, 11) is 0. The Bertz CT molecular complexity index is 987. The van der Waals surface area contributed by atoms with E-state index in [2.05, 4.69) is 4.98 Å². The van der Waals surface area contributed by atoms with Gasteiger partial charge < -0.3 is 9.64 Å². The number of ketones is 1. The Morgan fingerprint density at radius 2 is 1.90 bits per heavy atom. The van der Waals surface area contributed by atoms with Crippen molar-refractivity contribution in [3.63, 3.8) is 0 Å². The standard InChI is InChI=1S/C23H21ClN2O3/c24-16-9-7-15(8-10-16)20-19-21(27)17-5-1-2-6-18(17)29-22(19)23(28)26(20)13-14-4-3-11-25-12-14/h3-4,7-12,17-18,20H,1-2,5-6,13H2. The zero-order chi connectivity index (χ0) is 20.0. The van der Waals surface area contributed by atoms with Gasteiger partial charge in [0.2, 0.25) is 0 Å². The molecule has 2 aliphatic heterocycles. The molecule has 1 aliphatic carbocycles. The van der Waals surface area contributed by atoms with Crippen LogP contribution in [0.25, 0.3) is 0 Å². The van der Waals surface area contributed by atoms with Crippen LogP contribution >= 0.6 is 11.6 Å². The largest absolute Gasteiger partial charge is 0.483 e. The summed E-state index contributed by atoms with van der Waals surface area (Å²) in [6.07, 6.45) is 6.98. The third-order valence-corrected chi connectivity index (χ3v) is 6.37. The van der Waals surface area contributed by atoms with Crippen LogP contribution in [0.1, 0.15) is 42.9 Å². The molecule has 29 heavy (non-hydrogen) atoms. The van der Waals surface area contributed by atoms with E-state index in [1.165, 1.54) is 0 Å². The van der Waals surface area contributed by atoms with Crippen LogP contribution in [0, 0.1) is 5.92 Å². The van der Waals surface area contributed by atoms with Gasteiger partial charge in [-0.3, -0.25) is 14.6 Å². The number of aromatic nitrogens is 1. The average molecular weight is 409 g/mol. The molecule has 1 aromatic carbocycles. The lowest BCUT2D eigenvalue weighted by atomic mass is 9.77. The van der Waals surface area contributed by atoms with Gasteiger partial charge in [0.05, 0.1) is 17.5 Å². The van der Waals surface area contributed by atoms with Crippen molar-refractivity contribution in [2.24, 2.45) is 5.92 Å². The molecule has 2 aromatic rings. The Kier molecular flexibility index (Phi) is 4.63. The molecule has 0 radical (unpaired) electrons. The molecule has 5 nitrogen and oxygen atoms in total. The fraction of sp³-hybridized carbons (Fsp3) is 0.348. The van der Waals surface area contributed by atoms with E-state index in [9.17, 15) is 9.59 Å². The zero-order valence-corrected chi connectivity index (χ0v) is 16.6. The van der Waals surface area contributed by atoms with Crippen LogP contribution in [0.15, 0.2) is 60.1 Å². The number of hydrogen-bond acceptors (Lipinski definition) is 4. The molecule has 3 aliphatic rings. The SMILES string of the molecule is O=C1C2=C(OC3CCCCC13)C(=O)N(Cc1cccnc1)C2c1ccc(Cl)cc1. The van der Waals surface area contributed by atoms with E-state index >= 15 is 0 Å². The van der Waals surface area contributed by atoms with E-state index in [1.807, 2.05) is 24.3 Å². The number of carbonyl (C=O) groups is 2. The van der Waals surface area contributed by atoms with Crippen molar-refractivity contribution in [1.29, 1.82) is 0 Å². The summed E-state index contributed by atoms with van der Waals surface area (Å²) >= 11 is 6.08. The van der Waals surface area contributed by atoms with Crippen LogP contribution in [0.3, 0.4) is 0 Å². The Morgan fingerprint density at radius 3 is 2.66 bits per heavy atom. The summed E-state index contributed by atoms with van der Waals surface area (Å²) in [6.45, 7) is 0.360. The summed E-state index contributed by atoms with van der Waals surface area (Å²) in [6, 6.07) is 10.7. The molecule has 6 heteroatoms. The lowest BCUT2D eigenvalue weighted by Crippen LogP contribution is -2.39. The molecule has 3 heterocycles. The van der Waals surface area contributed by atoms with Crippen molar-refractivity contribution >= 4 is 23.3 Å². The Labute approximate surface area is 174 Å². The van der Waals surface area contributed by atoms with Crippen LogP contribution in [0.2, 0.25) is 5.02 Å². The highest BCUT2D eigenvalue weighted by molar-refractivity contribution is 6.30. The highest BCUT2D eigenvalue weighted by atomic mass is 35.5. The number of nitrogens with zero attached hydrogens (tertiary/aromatic N) is 2. The van der Waals surface area contributed by atoms with Crippen molar-refractivity contribution in [3.05, 3.63) is 76.3 Å². The predicted molar refractivity (Wildman–Crippen MR) is 108 cm³/mol. The van der Waals surface area contributed by atoms with Gasteiger partial charge in [-0.1, -0.05) is 36.2 Å².